The van der Waals surface area contributed by atoms with E-state index in [4.69, 9.17) is 4.74 Å². The highest BCUT2D eigenvalue weighted by molar-refractivity contribution is 8.04. The third-order valence-corrected chi connectivity index (χ3v) is 3.70. The first-order valence-electron chi connectivity index (χ1n) is 7.29. The lowest BCUT2D eigenvalue weighted by atomic mass is 10.2. The Labute approximate surface area is 139 Å². The van der Waals surface area contributed by atoms with Gasteiger partial charge < -0.3 is 9.84 Å². The Hall–Kier alpha value is -2.28. The summed E-state index contributed by atoms with van der Waals surface area (Å²) in [5, 5.41) is 16.6. The van der Waals surface area contributed by atoms with Crippen LogP contribution >= 0.6 is 11.8 Å². The van der Waals surface area contributed by atoms with Gasteiger partial charge in [-0.3, -0.25) is 5.10 Å². The zero-order valence-corrected chi connectivity index (χ0v) is 14.1. The van der Waals surface area contributed by atoms with E-state index in [2.05, 4.69) is 15.2 Å². The molecule has 0 fully saturated rings. The summed E-state index contributed by atoms with van der Waals surface area (Å²) in [7, 11) is 0. The molecule has 0 atom stereocenters. The van der Waals surface area contributed by atoms with Gasteiger partial charge in [-0.05, 0) is 37.8 Å². The summed E-state index contributed by atoms with van der Waals surface area (Å²) < 4.78 is 5.71. The van der Waals surface area contributed by atoms with Gasteiger partial charge in [-0.1, -0.05) is 25.1 Å². The van der Waals surface area contributed by atoms with Crippen LogP contribution in [-0.2, 0) is 11.2 Å². The van der Waals surface area contributed by atoms with E-state index >= 15 is 0 Å². The quantitative estimate of drug-likeness (QED) is 0.596. The summed E-state index contributed by atoms with van der Waals surface area (Å²) in [6, 6.07) is 7.32. The van der Waals surface area contributed by atoms with Crippen molar-refractivity contribution in [3.63, 3.8) is 0 Å². The number of hydrogen-bond donors (Lipinski definition) is 2. The van der Waals surface area contributed by atoms with Gasteiger partial charge in [0.1, 0.15) is 16.5 Å². The van der Waals surface area contributed by atoms with E-state index in [1.165, 1.54) is 0 Å². The highest BCUT2D eigenvalue weighted by Crippen LogP contribution is 2.29. The van der Waals surface area contributed by atoms with Crippen molar-refractivity contribution in [1.29, 1.82) is 0 Å². The third kappa shape index (κ3) is 4.85. The third-order valence-electron chi connectivity index (χ3n) is 2.83. The van der Waals surface area contributed by atoms with Crippen LogP contribution in [0, 0.1) is 0 Å². The molecule has 0 bridgehead atoms. The Morgan fingerprint density at radius 3 is 2.78 bits per heavy atom. The minimum atomic E-state index is -1.03. The minimum absolute atomic E-state index is 0.00519. The maximum atomic E-state index is 11.5. The maximum Gasteiger partial charge on any atom is 0.342 e. The summed E-state index contributed by atoms with van der Waals surface area (Å²) in [5.41, 5.74) is 0.706. The minimum Gasteiger partial charge on any atom is -0.490 e. The molecule has 0 spiro atoms. The van der Waals surface area contributed by atoms with E-state index in [-0.39, 0.29) is 11.0 Å². The van der Waals surface area contributed by atoms with Crippen LogP contribution in [0.15, 0.2) is 34.3 Å². The Balaban J connectivity index is 2.30. The first-order valence-corrected chi connectivity index (χ1v) is 8.11. The largest absolute Gasteiger partial charge is 0.490 e. The first kappa shape index (κ1) is 17.1. The van der Waals surface area contributed by atoms with Crippen molar-refractivity contribution in [1.82, 2.24) is 15.2 Å². The van der Waals surface area contributed by atoms with Crippen molar-refractivity contribution in [3.8, 4) is 5.75 Å². The number of para-hydroxylation sites is 1. The number of ether oxygens (including phenoxy) is 1. The molecule has 2 N–H and O–H groups in total. The summed E-state index contributed by atoms with van der Waals surface area (Å²) in [6.07, 6.45) is 2.29. The van der Waals surface area contributed by atoms with Crippen LogP contribution in [0.2, 0.25) is 0 Å². The molecule has 0 aliphatic rings. The number of rotatable bonds is 7. The average Bonchev–Trinajstić information content (AvgIpc) is 2.95. The highest BCUT2D eigenvalue weighted by Gasteiger charge is 2.15. The van der Waals surface area contributed by atoms with Crippen LogP contribution < -0.4 is 4.74 Å². The fraction of sp³-hybridized carbons (Fsp3) is 0.312. The molecule has 0 radical (unpaired) electrons. The monoisotopic (exact) mass is 333 g/mol. The molecule has 0 aliphatic heterocycles. The molecule has 1 heterocycles. The summed E-state index contributed by atoms with van der Waals surface area (Å²) in [4.78, 5) is 15.9. The number of aliphatic carboxylic acids is 1. The van der Waals surface area contributed by atoms with E-state index in [9.17, 15) is 9.90 Å². The van der Waals surface area contributed by atoms with Crippen LogP contribution in [0.3, 0.4) is 0 Å². The average molecular weight is 333 g/mol. The van der Waals surface area contributed by atoms with Gasteiger partial charge in [-0.25, -0.2) is 9.78 Å². The zero-order valence-electron chi connectivity index (χ0n) is 13.2. The lowest BCUT2D eigenvalue weighted by Crippen LogP contribution is -2.06. The Morgan fingerprint density at radius 2 is 2.17 bits per heavy atom. The predicted molar refractivity (Wildman–Crippen MR) is 89.4 cm³/mol. The van der Waals surface area contributed by atoms with E-state index in [1.807, 2.05) is 45.0 Å². The standard InChI is InChI=1S/C16H19N3O3S/c1-4-14-17-16(19-18-14)23-13(15(20)21)9-11-7-5-6-8-12(11)22-10(2)3/h5-10H,4H2,1-3H3,(H,20,21)(H,17,18,19)/b13-9-. The highest BCUT2D eigenvalue weighted by atomic mass is 32.2. The van der Waals surface area contributed by atoms with Gasteiger partial charge in [0.05, 0.1) is 6.10 Å². The number of nitrogens with zero attached hydrogens (tertiary/aromatic N) is 2. The molecule has 2 rings (SSSR count). The molecule has 2 aromatic rings. The van der Waals surface area contributed by atoms with E-state index < -0.39 is 5.97 Å². The van der Waals surface area contributed by atoms with Crippen LogP contribution in [0.4, 0.5) is 0 Å². The number of aromatic nitrogens is 3. The lowest BCUT2D eigenvalue weighted by molar-refractivity contribution is -0.131. The smallest absolute Gasteiger partial charge is 0.342 e. The molecule has 0 aliphatic carbocycles. The molecule has 0 amide bonds. The van der Waals surface area contributed by atoms with Crippen molar-refractivity contribution in [2.75, 3.05) is 0 Å². The molecular formula is C16H19N3O3S. The summed E-state index contributed by atoms with van der Waals surface area (Å²) >= 11 is 1.01. The molecule has 6 nitrogen and oxygen atoms in total. The predicted octanol–water partition coefficient (Wildman–Crippen LogP) is 3.37. The van der Waals surface area contributed by atoms with Crippen LogP contribution in [-0.4, -0.2) is 32.4 Å². The van der Waals surface area contributed by atoms with E-state index in [0.717, 1.165) is 17.6 Å². The molecule has 1 aromatic heterocycles. The topological polar surface area (TPSA) is 88.1 Å². The molecule has 0 saturated heterocycles. The fourth-order valence-corrected chi connectivity index (χ4v) is 2.53. The van der Waals surface area contributed by atoms with Crippen LogP contribution in [0.5, 0.6) is 5.75 Å². The number of aryl methyl sites for hydroxylation is 1. The number of benzene rings is 1. The van der Waals surface area contributed by atoms with Crippen molar-refractivity contribution in [3.05, 3.63) is 40.6 Å². The number of aromatic amines is 1. The molecule has 1 aromatic carbocycles. The fourth-order valence-electron chi connectivity index (χ4n) is 1.82. The SMILES string of the molecule is CCc1nc(S/C(=C\c2ccccc2OC(C)C)C(=O)O)n[nH]1. The molecule has 122 valence electrons. The van der Waals surface area contributed by atoms with Gasteiger partial charge in [0.2, 0.25) is 5.16 Å². The van der Waals surface area contributed by atoms with Gasteiger partial charge in [0.15, 0.2) is 0 Å². The van der Waals surface area contributed by atoms with Crippen molar-refractivity contribution in [2.45, 2.75) is 38.5 Å². The second-order valence-corrected chi connectivity index (χ2v) is 6.05. The molecule has 23 heavy (non-hydrogen) atoms. The molecule has 7 heteroatoms. The molecule has 0 unspecified atom stereocenters. The Bertz CT molecular complexity index is 710. The van der Waals surface area contributed by atoms with Gasteiger partial charge in [0.25, 0.3) is 0 Å². The number of carboxylic acids is 1. The van der Waals surface area contributed by atoms with Gasteiger partial charge >= 0.3 is 5.97 Å². The van der Waals surface area contributed by atoms with Crippen molar-refractivity contribution in [2.24, 2.45) is 0 Å². The lowest BCUT2D eigenvalue weighted by Gasteiger charge is -2.12. The number of thioether (sulfide) groups is 1. The van der Waals surface area contributed by atoms with Crippen LogP contribution in [0.25, 0.3) is 6.08 Å². The molecular weight excluding hydrogens is 314 g/mol. The molecule has 0 saturated carbocycles. The number of nitrogens with one attached hydrogen (secondary N) is 1. The van der Waals surface area contributed by atoms with Gasteiger partial charge in [0, 0.05) is 12.0 Å². The van der Waals surface area contributed by atoms with Gasteiger partial charge in [-0.2, -0.15) is 0 Å². The second-order valence-electron chi connectivity index (χ2n) is 5.04. The van der Waals surface area contributed by atoms with Crippen molar-refractivity contribution < 1.29 is 14.6 Å². The second kappa shape index (κ2) is 7.82. The van der Waals surface area contributed by atoms with Crippen LogP contribution in [0.1, 0.15) is 32.2 Å². The van der Waals surface area contributed by atoms with E-state index in [1.54, 1.807) is 6.08 Å². The zero-order chi connectivity index (χ0) is 16.8. The number of H-pyrrole nitrogens is 1. The maximum absolute atomic E-state index is 11.5. The summed E-state index contributed by atoms with van der Waals surface area (Å²) in [5.74, 6) is 0.337. The van der Waals surface area contributed by atoms with E-state index in [0.29, 0.717) is 22.9 Å². The number of hydrogen-bond acceptors (Lipinski definition) is 5. The Kier molecular flexibility index (Phi) is 5.81. The van der Waals surface area contributed by atoms with Gasteiger partial charge in [-0.15, -0.1) is 5.10 Å². The summed E-state index contributed by atoms with van der Waals surface area (Å²) in [6.45, 7) is 5.79. The normalized spacial score (nSPS) is 11.7. The Morgan fingerprint density at radius 1 is 1.43 bits per heavy atom. The number of carbonyl (C=O) groups is 1. The van der Waals surface area contributed by atoms with Crippen molar-refractivity contribution >= 4 is 23.8 Å². The first-order chi connectivity index (χ1) is 11.0. The number of carboxylic acid groups (broad SMARTS) is 1.